The summed E-state index contributed by atoms with van der Waals surface area (Å²) in [5.74, 6) is 1.92. The van der Waals surface area contributed by atoms with Gasteiger partial charge in [-0.2, -0.15) is 0 Å². The van der Waals surface area contributed by atoms with Gasteiger partial charge < -0.3 is 0 Å². The predicted octanol–water partition coefficient (Wildman–Crippen LogP) is 4.32. The third kappa shape index (κ3) is 2.88. The summed E-state index contributed by atoms with van der Waals surface area (Å²) in [5.41, 5.74) is 0. The van der Waals surface area contributed by atoms with Crippen LogP contribution in [0.2, 0.25) is 10.5 Å². The third-order valence-corrected chi connectivity index (χ3v) is 20.6. The Hall–Kier alpha value is -1.37. The van der Waals surface area contributed by atoms with Crippen LogP contribution in [-0.2, 0) is 0 Å². The minimum absolute atomic E-state index is 0.0773. The molecule has 5 rings (SSSR count). The maximum absolute atomic E-state index is 2.44. The Bertz CT molecular complexity index is 807. The summed E-state index contributed by atoms with van der Waals surface area (Å²) >= 11 is -2.24. The monoisotopic (exact) mass is 418 g/mol. The Morgan fingerprint density at radius 3 is 1.46 bits per heavy atom. The van der Waals surface area contributed by atoms with Crippen LogP contribution in [0.4, 0.5) is 0 Å². The maximum atomic E-state index is 2.44. The van der Waals surface area contributed by atoms with Crippen molar-refractivity contribution in [1.82, 2.24) is 0 Å². The van der Waals surface area contributed by atoms with Crippen molar-refractivity contribution in [3.05, 3.63) is 91.0 Å². The zero-order valence-corrected chi connectivity index (χ0v) is 18.1. The number of rotatable bonds is 3. The number of hydrogen-bond acceptors (Lipinski definition) is 0. The molecule has 3 aromatic rings. The quantitative estimate of drug-likeness (QED) is 0.440. The molecule has 2 saturated heterocycles. The van der Waals surface area contributed by atoms with Crippen LogP contribution in [-0.4, -0.2) is 25.6 Å². The zero-order chi connectivity index (χ0) is 17.4. The van der Waals surface area contributed by atoms with Crippen molar-refractivity contribution in [3.63, 3.8) is 0 Å². The summed E-state index contributed by atoms with van der Waals surface area (Å²) in [6, 6.07) is 34.5. The number of hydrogen-bond donors (Lipinski definition) is 0. The fraction of sp³-hybridized carbons (Fsp3) is 0.250. The van der Waals surface area contributed by atoms with Crippen LogP contribution in [0.3, 0.4) is 0 Å². The second-order valence-electron chi connectivity index (χ2n) is 7.98. The Labute approximate surface area is 160 Å². The molecule has 3 aromatic carbocycles. The van der Waals surface area contributed by atoms with Gasteiger partial charge in [0, 0.05) is 0 Å². The average molecular weight is 417 g/mol. The van der Waals surface area contributed by atoms with Crippen molar-refractivity contribution in [3.8, 4) is 0 Å². The van der Waals surface area contributed by atoms with E-state index in [0.717, 1.165) is 11.8 Å². The van der Waals surface area contributed by atoms with Gasteiger partial charge in [-0.05, 0) is 0 Å². The van der Waals surface area contributed by atoms with Crippen LogP contribution in [0, 0.1) is 11.8 Å². The molecular formula is C24H25GeP. The molecule has 0 N–H and O–H groups in total. The van der Waals surface area contributed by atoms with E-state index in [1.165, 1.54) is 22.8 Å². The molecule has 0 saturated carbocycles. The fourth-order valence-corrected chi connectivity index (χ4v) is 21.8. The van der Waals surface area contributed by atoms with Crippen molar-refractivity contribution in [2.24, 2.45) is 11.8 Å². The molecule has 0 aromatic heterocycles. The van der Waals surface area contributed by atoms with Gasteiger partial charge in [-0.3, -0.25) is 0 Å². The van der Waals surface area contributed by atoms with Gasteiger partial charge in [-0.1, -0.05) is 0 Å². The molecule has 0 nitrogen and oxygen atoms in total. The van der Waals surface area contributed by atoms with Gasteiger partial charge in [0.1, 0.15) is 0 Å². The van der Waals surface area contributed by atoms with E-state index in [0.29, 0.717) is 0 Å². The standard InChI is InChI=1S/C24H25GeP/c1-4-10-22(11-5-1)25(23-12-6-2-7-13-23)16-20-18-26(19-21(20)17-25)24-14-8-3-9-15-24/h1-15,20-21H,16-19H2/t20-,21-/m1/s1. The average Bonchev–Trinajstić information content (AvgIpc) is 3.27. The van der Waals surface area contributed by atoms with E-state index in [-0.39, 0.29) is 7.92 Å². The van der Waals surface area contributed by atoms with E-state index in [2.05, 4.69) is 91.0 Å². The van der Waals surface area contributed by atoms with E-state index in [1.807, 2.05) is 0 Å². The summed E-state index contributed by atoms with van der Waals surface area (Å²) in [4.78, 5) is 0. The first-order valence-electron chi connectivity index (χ1n) is 9.76. The van der Waals surface area contributed by atoms with Crippen LogP contribution in [0.15, 0.2) is 91.0 Å². The normalized spacial score (nSPS) is 24.5. The zero-order valence-electron chi connectivity index (χ0n) is 15.1. The number of benzene rings is 3. The van der Waals surface area contributed by atoms with Gasteiger partial charge in [0.05, 0.1) is 0 Å². The third-order valence-electron chi connectivity index (χ3n) is 6.57. The van der Waals surface area contributed by atoms with Gasteiger partial charge in [-0.15, -0.1) is 0 Å². The molecule has 130 valence electrons. The topological polar surface area (TPSA) is 0 Å². The van der Waals surface area contributed by atoms with E-state index >= 15 is 0 Å². The summed E-state index contributed by atoms with van der Waals surface area (Å²) in [6.07, 6.45) is 2.94. The van der Waals surface area contributed by atoms with Gasteiger partial charge in [0.15, 0.2) is 0 Å². The molecule has 0 radical (unpaired) electrons. The van der Waals surface area contributed by atoms with E-state index in [1.54, 1.807) is 14.1 Å². The molecule has 0 aliphatic carbocycles. The summed E-state index contributed by atoms with van der Waals surface area (Å²) < 4.78 is 3.41. The Morgan fingerprint density at radius 2 is 1.00 bits per heavy atom. The van der Waals surface area contributed by atoms with Crippen molar-refractivity contribution in [2.75, 3.05) is 12.3 Å². The summed E-state index contributed by atoms with van der Waals surface area (Å²) in [6.45, 7) is 0. The van der Waals surface area contributed by atoms with E-state index < -0.39 is 13.3 Å². The van der Waals surface area contributed by atoms with Crippen molar-refractivity contribution >= 4 is 35.3 Å². The molecule has 0 unspecified atom stereocenters. The molecule has 2 heteroatoms. The van der Waals surface area contributed by atoms with Gasteiger partial charge in [-0.25, -0.2) is 0 Å². The fourth-order valence-electron chi connectivity index (χ4n) is 5.38. The van der Waals surface area contributed by atoms with Crippen LogP contribution in [0.25, 0.3) is 0 Å². The minimum atomic E-state index is -2.24. The molecular weight excluding hydrogens is 392 g/mol. The second-order valence-corrected chi connectivity index (χ2v) is 19.0. The van der Waals surface area contributed by atoms with Crippen LogP contribution >= 0.6 is 7.92 Å². The SMILES string of the molecule is c1ccc(P2C[C@H]3[CH2][Ge]([c]4ccccc4)([c]4ccccc4)[CH2][C@@H]3C2)cc1. The summed E-state index contributed by atoms with van der Waals surface area (Å²) in [7, 11) is 0.0773. The molecule has 2 fully saturated rings. The van der Waals surface area contributed by atoms with E-state index in [4.69, 9.17) is 0 Å². The molecule has 2 aliphatic rings. The van der Waals surface area contributed by atoms with Crippen molar-refractivity contribution < 1.29 is 0 Å². The van der Waals surface area contributed by atoms with E-state index in [9.17, 15) is 0 Å². The van der Waals surface area contributed by atoms with Crippen LogP contribution in [0.5, 0.6) is 0 Å². The Kier molecular flexibility index (Phi) is 4.51. The molecule has 0 spiro atoms. The first-order valence-corrected chi connectivity index (χ1v) is 16.5. The molecule has 2 atom stereocenters. The molecule has 0 amide bonds. The number of fused-ring (bicyclic) bond motifs is 1. The molecule has 2 aliphatic heterocycles. The van der Waals surface area contributed by atoms with Crippen LogP contribution < -0.4 is 14.1 Å². The Morgan fingerprint density at radius 1 is 0.577 bits per heavy atom. The first kappa shape index (κ1) is 16.8. The Balaban J connectivity index is 1.48. The predicted molar refractivity (Wildman–Crippen MR) is 117 cm³/mol. The van der Waals surface area contributed by atoms with Crippen molar-refractivity contribution in [1.29, 1.82) is 0 Å². The second kappa shape index (κ2) is 6.98. The first-order chi connectivity index (χ1) is 12.9. The van der Waals surface area contributed by atoms with Gasteiger partial charge in [0.25, 0.3) is 0 Å². The van der Waals surface area contributed by atoms with Crippen molar-refractivity contribution in [2.45, 2.75) is 10.5 Å². The van der Waals surface area contributed by atoms with Gasteiger partial charge >= 0.3 is 161 Å². The van der Waals surface area contributed by atoms with Crippen LogP contribution in [0.1, 0.15) is 0 Å². The summed E-state index contributed by atoms with van der Waals surface area (Å²) in [5, 5.41) is 4.64. The van der Waals surface area contributed by atoms with Gasteiger partial charge in [0.2, 0.25) is 0 Å². The molecule has 26 heavy (non-hydrogen) atoms. The molecule has 2 heterocycles. The molecule has 0 bridgehead atoms.